The zero-order valence-corrected chi connectivity index (χ0v) is 4.91. The number of aromatic nitrogens is 1. The van der Waals surface area contributed by atoms with Gasteiger partial charge in [-0.25, -0.2) is 4.98 Å². The van der Waals surface area contributed by atoms with Crippen molar-refractivity contribution in [2.75, 3.05) is 0 Å². The summed E-state index contributed by atoms with van der Waals surface area (Å²) in [7, 11) is 0. The zero-order chi connectivity index (χ0) is 6.53. The van der Waals surface area contributed by atoms with Crippen molar-refractivity contribution in [1.29, 1.82) is 0 Å². The second-order valence-corrected chi connectivity index (χ2v) is 1.67. The number of oxazole rings is 1. The Morgan fingerprint density at radius 1 is 1.78 bits per heavy atom. The third-order valence-electron chi connectivity index (χ3n) is 0.992. The van der Waals surface area contributed by atoms with E-state index in [0.717, 1.165) is 12.0 Å². The Balaban J connectivity index is 2.38. The van der Waals surface area contributed by atoms with E-state index in [9.17, 15) is 4.79 Å². The summed E-state index contributed by atoms with van der Waals surface area (Å²) in [6, 6.07) is 0. The van der Waals surface area contributed by atoms with Gasteiger partial charge in [0.2, 0.25) is 0 Å². The maximum absolute atomic E-state index is 9.84. The molecule has 1 aromatic heterocycles. The molecule has 1 heterocycles. The Hall–Kier alpha value is -1.12. The monoisotopic (exact) mass is 125 g/mol. The fourth-order valence-electron chi connectivity index (χ4n) is 0.567. The Bertz CT molecular complexity index is 169. The van der Waals surface area contributed by atoms with Crippen LogP contribution in [-0.2, 0) is 11.2 Å². The molecule has 0 aliphatic rings. The maximum atomic E-state index is 9.84. The van der Waals surface area contributed by atoms with Crippen LogP contribution in [0, 0.1) is 0 Å². The molecule has 0 aliphatic carbocycles. The van der Waals surface area contributed by atoms with Crippen molar-refractivity contribution in [3.8, 4) is 0 Å². The molecule has 48 valence electrons. The van der Waals surface area contributed by atoms with Crippen molar-refractivity contribution in [1.82, 2.24) is 4.98 Å². The SMILES string of the molecule is O=CCCc1cnco1. The molecule has 0 unspecified atom stereocenters. The largest absolute Gasteiger partial charge is 0.449 e. The molecule has 1 aromatic rings. The van der Waals surface area contributed by atoms with Crippen LogP contribution < -0.4 is 0 Å². The number of rotatable bonds is 3. The summed E-state index contributed by atoms with van der Waals surface area (Å²) in [5.74, 6) is 0.766. The second-order valence-electron chi connectivity index (χ2n) is 1.67. The van der Waals surface area contributed by atoms with Crippen molar-refractivity contribution in [3.63, 3.8) is 0 Å². The van der Waals surface area contributed by atoms with Crippen molar-refractivity contribution in [3.05, 3.63) is 18.4 Å². The van der Waals surface area contributed by atoms with Crippen molar-refractivity contribution in [2.24, 2.45) is 0 Å². The van der Waals surface area contributed by atoms with Gasteiger partial charge in [-0.1, -0.05) is 0 Å². The summed E-state index contributed by atoms with van der Waals surface area (Å²) in [5.41, 5.74) is 0. The highest BCUT2D eigenvalue weighted by molar-refractivity contribution is 5.49. The fourth-order valence-corrected chi connectivity index (χ4v) is 0.567. The smallest absolute Gasteiger partial charge is 0.180 e. The number of nitrogens with zero attached hydrogens (tertiary/aromatic N) is 1. The van der Waals surface area contributed by atoms with E-state index in [0.29, 0.717) is 12.8 Å². The molecular weight excluding hydrogens is 118 g/mol. The zero-order valence-electron chi connectivity index (χ0n) is 4.91. The van der Waals surface area contributed by atoms with Gasteiger partial charge in [-0.2, -0.15) is 0 Å². The van der Waals surface area contributed by atoms with E-state index >= 15 is 0 Å². The van der Waals surface area contributed by atoms with Gasteiger partial charge in [0.25, 0.3) is 0 Å². The van der Waals surface area contributed by atoms with Crippen LogP contribution in [0.4, 0.5) is 0 Å². The highest BCUT2D eigenvalue weighted by Crippen LogP contribution is 1.98. The van der Waals surface area contributed by atoms with Crippen LogP contribution in [0.25, 0.3) is 0 Å². The maximum Gasteiger partial charge on any atom is 0.180 e. The van der Waals surface area contributed by atoms with E-state index < -0.39 is 0 Å². The van der Waals surface area contributed by atoms with Gasteiger partial charge < -0.3 is 9.21 Å². The number of aldehydes is 1. The molecule has 0 fully saturated rings. The number of hydrogen-bond donors (Lipinski definition) is 0. The fraction of sp³-hybridized carbons (Fsp3) is 0.333. The molecule has 0 aliphatic heterocycles. The van der Waals surface area contributed by atoms with Crippen LogP contribution in [0.2, 0.25) is 0 Å². The first-order valence-corrected chi connectivity index (χ1v) is 2.74. The predicted octanol–water partition coefficient (Wildman–Crippen LogP) is 0.806. The third-order valence-corrected chi connectivity index (χ3v) is 0.992. The highest BCUT2D eigenvalue weighted by atomic mass is 16.3. The normalized spacial score (nSPS) is 9.33. The average molecular weight is 125 g/mol. The summed E-state index contributed by atoms with van der Waals surface area (Å²) >= 11 is 0. The molecule has 0 atom stereocenters. The number of carbonyl (C=O) groups excluding carboxylic acids is 1. The Labute approximate surface area is 52.7 Å². The van der Waals surface area contributed by atoms with Crippen LogP contribution >= 0.6 is 0 Å². The van der Waals surface area contributed by atoms with Crippen LogP contribution in [-0.4, -0.2) is 11.3 Å². The first-order valence-electron chi connectivity index (χ1n) is 2.74. The summed E-state index contributed by atoms with van der Waals surface area (Å²) in [6.45, 7) is 0. The van der Waals surface area contributed by atoms with Gasteiger partial charge in [-0.15, -0.1) is 0 Å². The predicted molar refractivity (Wildman–Crippen MR) is 30.9 cm³/mol. The molecule has 9 heavy (non-hydrogen) atoms. The lowest BCUT2D eigenvalue weighted by Gasteiger charge is -1.83. The van der Waals surface area contributed by atoms with Gasteiger partial charge in [0.05, 0.1) is 6.20 Å². The summed E-state index contributed by atoms with van der Waals surface area (Å²) in [5, 5.41) is 0. The summed E-state index contributed by atoms with van der Waals surface area (Å²) in [6.07, 6.45) is 5.00. The lowest BCUT2D eigenvalue weighted by Crippen LogP contribution is -1.80. The molecule has 0 amide bonds. The summed E-state index contributed by atoms with van der Waals surface area (Å²) < 4.78 is 4.87. The first-order chi connectivity index (χ1) is 4.43. The average Bonchev–Trinajstić information content (AvgIpc) is 2.34. The van der Waals surface area contributed by atoms with E-state index in [1.165, 1.54) is 6.39 Å². The highest BCUT2D eigenvalue weighted by Gasteiger charge is 1.92. The van der Waals surface area contributed by atoms with Gasteiger partial charge in [-0.3, -0.25) is 0 Å². The number of aryl methyl sites for hydroxylation is 1. The van der Waals surface area contributed by atoms with Gasteiger partial charge in [0, 0.05) is 12.8 Å². The number of carbonyl (C=O) groups is 1. The molecular formula is C6H7NO2. The van der Waals surface area contributed by atoms with Crippen molar-refractivity contribution >= 4 is 6.29 Å². The Morgan fingerprint density at radius 2 is 2.67 bits per heavy atom. The van der Waals surface area contributed by atoms with Gasteiger partial charge in [0.1, 0.15) is 12.0 Å². The minimum absolute atomic E-state index is 0.509. The van der Waals surface area contributed by atoms with Gasteiger partial charge >= 0.3 is 0 Å². The van der Waals surface area contributed by atoms with Crippen LogP contribution in [0.15, 0.2) is 17.0 Å². The van der Waals surface area contributed by atoms with Crippen molar-refractivity contribution < 1.29 is 9.21 Å². The molecule has 3 nitrogen and oxygen atoms in total. The van der Waals surface area contributed by atoms with E-state index in [1.54, 1.807) is 6.20 Å². The Kier molecular flexibility index (Phi) is 2.01. The van der Waals surface area contributed by atoms with E-state index in [-0.39, 0.29) is 0 Å². The molecule has 1 rings (SSSR count). The first kappa shape index (κ1) is 6.01. The lowest BCUT2D eigenvalue weighted by molar-refractivity contribution is -0.107. The van der Waals surface area contributed by atoms with Gasteiger partial charge in [0.15, 0.2) is 6.39 Å². The van der Waals surface area contributed by atoms with Crippen LogP contribution in [0.1, 0.15) is 12.2 Å². The third kappa shape index (κ3) is 1.68. The molecule has 0 saturated heterocycles. The minimum Gasteiger partial charge on any atom is -0.449 e. The van der Waals surface area contributed by atoms with Crippen molar-refractivity contribution in [2.45, 2.75) is 12.8 Å². The second kappa shape index (κ2) is 3.02. The minimum atomic E-state index is 0.509. The lowest BCUT2D eigenvalue weighted by atomic mass is 10.3. The molecule has 0 saturated carbocycles. The quantitative estimate of drug-likeness (QED) is 0.561. The molecule has 0 spiro atoms. The molecule has 0 radical (unpaired) electrons. The van der Waals surface area contributed by atoms with E-state index in [1.807, 2.05) is 0 Å². The summed E-state index contributed by atoms with van der Waals surface area (Å²) in [4.78, 5) is 13.5. The standard InChI is InChI=1S/C6H7NO2/c8-3-1-2-6-4-7-5-9-6/h3-5H,1-2H2. The Morgan fingerprint density at radius 3 is 3.22 bits per heavy atom. The molecule has 0 bridgehead atoms. The van der Waals surface area contributed by atoms with Gasteiger partial charge in [-0.05, 0) is 0 Å². The molecule has 0 N–H and O–H groups in total. The number of hydrogen-bond acceptors (Lipinski definition) is 3. The van der Waals surface area contributed by atoms with Crippen LogP contribution in [0.3, 0.4) is 0 Å². The molecule has 3 heteroatoms. The topological polar surface area (TPSA) is 43.1 Å². The molecule has 0 aromatic carbocycles. The van der Waals surface area contributed by atoms with E-state index in [2.05, 4.69) is 4.98 Å². The van der Waals surface area contributed by atoms with E-state index in [4.69, 9.17) is 4.42 Å². The van der Waals surface area contributed by atoms with Crippen LogP contribution in [0.5, 0.6) is 0 Å².